The number of aryl methyl sites for hydroxylation is 1. The van der Waals surface area contributed by atoms with Crippen LogP contribution < -0.4 is 10.1 Å². The Kier molecular flexibility index (Phi) is 7.74. The molecule has 3 aromatic rings. The maximum absolute atomic E-state index is 12.4. The van der Waals surface area contributed by atoms with Crippen molar-refractivity contribution in [1.29, 1.82) is 0 Å². The summed E-state index contributed by atoms with van der Waals surface area (Å²) in [5.74, 6) is -0.127. The third kappa shape index (κ3) is 6.44. The molecule has 4 rings (SSSR count). The Bertz CT molecular complexity index is 1440. The fourth-order valence-corrected chi connectivity index (χ4v) is 4.93. The van der Waals surface area contributed by atoms with Crippen molar-refractivity contribution in [3.05, 3.63) is 101 Å². The number of aromatic nitrogens is 1. The van der Waals surface area contributed by atoms with Crippen LogP contribution in [0.5, 0.6) is 5.75 Å². The number of carbonyl (C=O) groups excluding carboxylic acids is 1. The van der Waals surface area contributed by atoms with Gasteiger partial charge in [-0.25, -0.2) is 4.98 Å². The van der Waals surface area contributed by atoms with E-state index in [1.165, 1.54) is 23.0 Å². The van der Waals surface area contributed by atoms with E-state index in [1.54, 1.807) is 25.3 Å². The standard InChI is InChI=1S/C27H24N2O4S2/c1-18-3-5-19(6-4-18)15-20-7-8-22(25(16-20)35(31)32)11-14-26(30)29-27-28-24(17-34-27)21-9-12-23(33-2)13-10-21/h3-14,16-17,22H,15H2,1-2H3,(H,28,29,30). The number of ether oxygens (including phenoxy) is 1. The predicted molar refractivity (Wildman–Crippen MR) is 141 cm³/mol. The molecule has 0 saturated heterocycles. The summed E-state index contributed by atoms with van der Waals surface area (Å²) in [5.41, 5.74) is 4.84. The number of allylic oxidation sites excluding steroid dienone is 5. The summed E-state index contributed by atoms with van der Waals surface area (Å²) in [6.07, 6.45) is 8.94. The minimum absolute atomic E-state index is 0.231. The fraction of sp³-hybridized carbons (Fsp3) is 0.148. The van der Waals surface area contributed by atoms with Crippen LogP contribution in [0.1, 0.15) is 11.1 Å². The van der Waals surface area contributed by atoms with Crippen LogP contribution in [0, 0.1) is 12.8 Å². The van der Waals surface area contributed by atoms with Crippen molar-refractivity contribution in [3.63, 3.8) is 0 Å². The molecule has 1 heterocycles. The first-order valence-electron chi connectivity index (χ1n) is 10.9. The highest BCUT2D eigenvalue weighted by atomic mass is 32.2. The van der Waals surface area contributed by atoms with Gasteiger partial charge in [-0.15, -0.1) is 11.3 Å². The van der Waals surface area contributed by atoms with Gasteiger partial charge in [0.15, 0.2) is 5.13 Å². The van der Waals surface area contributed by atoms with E-state index in [4.69, 9.17) is 4.74 Å². The van der Waals surface area contributed by atoms with Crippen LogP contribution in [0.25, 0.3) is 11.3 Å². The molecule has 0 fully saturated rings. The molecule has 1 N–H and O–H groups in total. The molecule has 0 bridgehead atoms. The number of methoxy groups -OCH3 is 1. The average Bonchev–Trinajstić information content (AvgIpc) is 3.33. The van der Waals surface area contributed by atoms with Crippen molar-refractivity contribution in [2.45, 2.75) is 13.3 Å². The predicted octanol–water partition coefficient (Wildman–Crippen LogP) is 5.03. The van der Waals surface area contributed by atoms with Crippen LogP contribution in [0.3, 0.4) is 0 Å². The first kappa shape index (κ1) is 24.4. The summed E-state index contributed by atoms with van der Waals surface area (Å²) in [6.45, 7) is 2.03. The number of carbonyl (C=O) groups is 1. The Morgan fingerprint density at radius 2 is 1.89 bits per heavy atom. The first-order valence-corrected chi connectivity index (χ1v) is 12.9. The lowest BCUT2D eigenvalue weighted by Gasteiger charge is -2.14. The maximum atomic E-state index is 12.4. The minimum atomic E-state index is -2.40. The summed E-state index contributed by atoms with van der Waals surface area (Å²) in [7, 11) is -0.791. The van der Waals surface area contributed by atoms with E-state index in [1.807, 2.05) is 66.9 Å². The van der Waals surface area contributed by atoms with E-state index in [2.05, 4.69) is 10.3 Å². The van der Waals surface area contributed by atoms with Crippen molar-refractivity contribution in [3.8, 4) is 17.0 Å². The molecule has 1 aliphatic rings. The van der Waals surface area contributed by atoms with Crippen LogP contribution in [-0.2, 0) is 21.5 Å². The normalized spacial score (nSPS) is 15.2. The number of amides is 1. The van der Waals surface area contributed by atoms with E-state index >= 15 is 0 Å². The number of hydrogen-bond donors (Lipinski definition) is 1. The van der Waals surface area contributed by atoms with Crippen molar-refractivity contribution in [1.82, 2.24) is 4.98 Å². The molecule has 0 spiro atoms. The number of rotatable bonds is 7. The molecule has 1 atom stereocenters. The largest absolute Gasteiger partial charge is 0.497 e. The van der Waals surface area contributed by atoms with Gasteiger partial charge in [0, 0.05) is 22.9 Å². The maximum Gasteiger partial charge on any atom is 0.249 e. The van der Waals surface area contributed by atoms with Gasteiger partial charge in [-0.05, 0) is 54.8 Å². The molecule has 0 saturated carbocycles. The van der Waals surface area contributed by atoms with E-state index in [9.17, 15) is 13.2 Å². The molecule has 0 radical (unpaired) electrons. The van der Waals surface area contributed by atoms with Gasteiger partial charge in [0.1, 0.15) is 5.75 Å². The number of benzene rings is 2. The monoisotopic (exact) mass is 504 g/mol. The van der Waals surface area contributed by atoms with Crippen LogP contribution in [-0.4, -0.2) is 31.3 Å². The molecule has 2 aromatic carbocycles. The Morgan fingerprint density at radius 3 is 2.57 bits per heavy atom. The van der Waals surface area contributed by atoms with Gasteiger partial charge in [0.25, 0.3) is 0 Å². The zero-order valence-corrected chi connectivity index (χ0v) is 20.9. The van der Waals surface area contributed by atoms with Crippen molar-refractivity contribution >= 4 is 37.5 Å². The number of anilines is 1. The minimum Gasteiger partial charge on any atom is -0.497 e. The molecule has 6 nitrogen and oxygen atoms in total. The van der Waals surface area contributed by atoms with Crippen LogP contribution in [0.2, 0.25) is 0 Å². The van der Waals surface area contributed by atoms with Crippen LogP contribution >= 0.6 is 11.3 Å². The Hall–Kier alpha value is -3.75. The molecule has 1 unspecified atom stereocenters. The van der Waals surface area contributed by atoms with E-state index in [-0.39, 0.29) is 10.8 Å². The topological polar surface area (TPSA) is 85.4 Å². The van der Waals surface area contributed by atoms with Crippen molar-refractivity contribution in [2.75, 3.05) is 12.4 Å². The summed E-state index contributed by atoms with van der Waals surface area (Å²) in [5, 5.41) is 5.06. The Labute approximate surface area is 209 Å². The molecular formula is C27H24N2O4S2. The van der Waals surface area contributed by atoms with Gasteiger partial charge in [0.05, 0.1) is 17.7 Å². The molecule has 0 aliphatic heterocycles. The zero-order chi connectivity index (χ0) is 24.8. The average molecular weight is 505 g/mol. The highest BCUT2D eigenvalue weighted by Gasteiger charge is 2.16. The summed E-state index contributed by atoms with van der Waals surface area (Å²) in [6, 6.07) is 15.6. The second kappa shape index (κ2) is 11.1. The van der Waals surface area contributed by atoms with Gasteiger partial charge < -0.3 is 4.74 Å². The SMILES string of the molecule is COc1ccc(-c2csc(NC(=O)C=CC3C=CC(Cc4ccc(C)cc4)=CC3=S(=O)=O)n2)cc1. The van der Waals surface area contributed by atoms with Gasteiger partial charge in [0.2, 0.25) is 16.2 Å². The van der Waals surface area contributed by atoms with Gasteiger partial charge in [-0.2, -0.15) is 8.42 Å². The lowest BCUT2D eigenvalue weighted by molar-refractivity contribution is -0.111. The summed E-state index contributed by atoms with van der Waals surface area (Å²) in [4.78, 5) is 17.1. The van der Waals surface area contributed by atoms with Crippen molar-refractivity contribution in [2.24, 2.45) is 5.92 Å². The quantitative estimate of drug-likeness (QED) is 0.360. The molecule has 178 valence electrons. The second-order valence-corrected chi connectivity index (χ2v) is 9.82. The highest BCUT2D eigenvalue weighted by molar-refractivity contribution is 7.73. The second-order valence-electron chi connectivity index (χ2n) is 8.02. The van der Waals surface area contributed by atoms with Crippen LogP contribution in [0.15, 0.2) is 89.9 Å². The third-order valence-corrected chi connectivity index (χ3v) is 7.00. The summed E-state index contributed by atoms with van der Waals surface area (Å²) >= 11 is 1.32. The number of nitrogens with one attached hydrogen (secondary N) is 1. The molecule has 1 aliphatic carbocycles. The molecule has 1 aromatic heterocycles. The smallest absolute Gasteiger partial charge is 0.249 e. The van der Waals surface area contributed by atoms with E-state index in [0.717, 1.165) is 28.1 Å². The first-order chi connectivity index (χ1) is 16.9. The van der Waals surface area contributed by atoms with E-state index < -0.39 is 16.2 Å². The van der Waals surface area contributed by atoms with Gasteiger partial charge in [-0.1, -0.05) is 48.1 Å². The lowest BCUT2D eigenvalue weighted by atomic mass is 9.92. The number of nitrogens with zero attached hydrogens (tertiary/aromatic N) is 1. The number of hydrogen-bond acceptors (Lipinski definition) is 6. The van der Waals surface area contributed by atoms with Crippen LogP contribution in [0.4, 0.5) is 5.13 Å². The lowest BCUT2D eigenvalue weighted by Crippen LogP contribution is -2.15. The molecule has 35 heavy (non-hydrogen) atoms. The van der Waals surface area contributed by atoms with E-state index in [0.29, 0.717) is 11.6 Å². The van der Waals surface area contributed by atoms with Gasteiger partial charge in [-0.3, -0.25) is 10.1 Å². The zero-order valence-electron chi connectivity index (χ0n) is 19.3. The molecular weight excluding hydrogens is 480 g/mol. The third-order valence-electron chi connectivity index (χ3n) is 5.47. The molecule has 8 heteroatoms. The highest BCUT2D eigenvalue weighted by Crippen LogP contribution is 2.26. The number of thiazole rings is 1. The fourth-order valence-electron chi connectivity index (χ4n) is 3.58. The van der Waals surface area contributed by atoms with Gasteiger partial charge >= 0.3 is 0 Å². The summed E-state index contributed by atoms with van der Waals surface area (Å²) < 4.78 is 28.9. The van der Waals surface area contributed by atoms with Crippen molar-refractivity contribution < 1.29 is 17.9 Å². The Morgan fingerprint density at radius 1 is 1.14 bits per heavy atom. The Balaban J connectivity index is 1.40. The molecule has 1 amide bonds.